The summed E-state index contributed by atoms with van der Waals surface area (Å²) in [6.07, 6.45) is 0.0926. The number of nitrogens with zero attached hydrogens (tertiary/aromatic N) is 4. The molecule has 0 fully saturated rings. The van der Waals surface area contributed by atoms with E-state index in [1.165, 1.54) is 13.3 Å². The SMILES string of the molecule is CC(F)n1cnnn1. The fourth-order valence-corrected chi connectivity index (χ4v) is 0.331. The molecule has 0 aliphatic heterocycles. The van der Waals surface area contributed by atoms with Crippen LogP contribution in [0.2, 0.25) is 0 Å². The zero-order valence-electron chi connectivity index (χ0n) is 4.32. The van der Waals surface area contributed by atoms with Crippen molar-refractivity contribution in [3.05, 3.63) is 6.33 Å². The van der Waals surface area contributed by atoms with Crippen LogP contribution in [0.4, 0.5) is 4.39 Å². The zero-order valence-corrected chi connectivity index (χ0v) is 4.32. The Labute approximate surface area is 45.3 Å². The van der Waals surface area contributed by atoms with E-state index in [9.17, 15) is 4.39 Å². The summed E-state index contributed by atoms with van der Waals surface area (Å²) in [5, 5.41) is 9.77. The first-order chi connectivity index (χ1) is 3.80. The second kappa shape index (κ2) is 1.85. The van der Waals surface area contributed by atoms with Gasteiger partial charge in [0.15, 0.2) is 6.30 Å². The van der Waals surface area contributed by atoms with Gasteiger partial charge in [-0.05, 0) is 17.4 Å². The largest absolute Gasteiger partial charge is 0.222 e. The van der Waals surface area contributed by atoms with Gasteiger partial charge in [-0.25, -0.2) is 4.39 Å². The van der Waals surface area contributed by atoms with Crippen LogP contribution in [-0.4, -0.2) is 20.2 Å². The second-order valence-electron chi connectivity index (χ2n) is 1.36. The van der Waals surface area contributed by atoms with Crippen LogP contribution in [0.15, 0.2) is 6.33 Å². The minimum atomic E-state index is -1.13. The maximum Gasteiger partial charge on any atom is 0.192 e. The number of tetrazole rings is 1. The number of aromatic nitrogens is 4. The highest BCUT2D eigenvalue weighted by molar-refractivity contribution is 4.47. The molecule has 0 amide bonds. The molecular weight excluding hydrogens is 111 g/mol. The van der Waals surface area contributed by atoms with E-state index >= 15 is 0 Å². The predicted molar refractivity (Wildman–Crippen MR) is 23.6 cm³/mol. The van der Waals surface area contributed by atoms with Gasteiger partial charge < -0.3 is 0 Å². The predicted octanol–water partition coefficient (Wildman–Crippen LogP) is 0.161. The highest BCUT2D eigenvalue weighted by Gasteiger charge is 1.98. The van der Waals surface area contributed by atoms with Crippen LogP contribution >= 0.6 is 0 Å². The number of hydrogen-bond donors (Lipinski definition) is 0. The molecule has 0 aliphatic carbocycles. The van der Waals surface area contributed by atoms with Gasteiger partial charge in [-0.2, -0.15) is 4.68 Å². The molecule has 5 heteroatoms. The summed E-state index contributed by atoms with van der Waals surface area (Å²) in [7, 11) is 0. The van der Waals surface area contributed by atoms with E-state index in [1.807, 2.05) is 0 Å². The Balaban J connectivity index is 2.77. The van der Waals surface area contributed by atoms with Crippen molar-refractivity contribution in [1.29, 1.82) is 0 Å². The monoisotopic (exact) mass is 116 g/mol. The van der Waals surface area contributed by atoms with Crippen LogP contribution in [0.1, 0.15) is 13.2 Å². The lowest BCUT2D eigenvalue weighted by molar-refractivity contribution is 0.241. The van der Waals surface area contributed by atoms with E-state index in [0.717, 1.165) is 4.68 Å². The van der Waals surface area contributed by atoms with E-state index < -0.39 is 6.30 Å². The fourth-order valence-electron chi connectivity index (χ4n) is 0.331. The van der Waals surface area contributed by atoms with E-state index in [2.05, 4.69) is 15.5 Å². The average molecular weight is 116 g/mol. The van der Waals surface area contributed by atoms with Crippen LogP contribution < -0.4 is 0 Å². The Morgan fingerprint density at radius 2 is 2.50 bits per heavy atom. The molecule has 0 aliphatic rings. The molecule has 0 spiro atoms. The first-order valence-electron chi connectivity index (χ1n) is 2.17. The summed E-state index contributed by atoms with van der Waals surface area (Å²) in [5.41, 5.74) is 0. The molecule has 1 heterocycles. The molecule has 1 unspecified atom stereocenters. The van der Waals surface area contributed by atoms with Gasteiger partial charge in [0.2, 0.25) is 0 Å². The second-order valence-corrected chi connectivity index (χ2v) is 1.36. The Hall–Kier alpha value is -1.00. The van der Waals surface area contributed by atoms with Crippen LogP contribution in [0.5, 0.6) is 0 Å². The smallest absolute Gasteiger partial charge is 0.192 e. The molecule has 0 bridgehead atoms. The summed E-state index contributed by atoms with van der Waals surface area (Å²) in [4.78, 5) is 0. The standard InChI is InChI=1S/C3H5FN4/c1-3(4)8-2-5-6-7-8/h2-3H,1H3. The Morgan fingerprint density at radius 3 is 2.75 bits per heavy atom. The lowest BCUT2D eigenvalue weighted by Crippen LogP contribution is -1.99. The normalized spacial score (nSPS) is 13.8. The summed E-state index contributed by atoms with van der Waals surface area (Å²) < 4.78 is 13.1. The minimum Gasteiger partial charge on any atom is -0.222 e. The third-order valence-corrected chi connectivity index (χ3v) is 0.729. The highest BCUT2D eigenvalue weighted by Crippen LogP contribution is 1.99. The third kappa shape index (κ3) is 0.800. The molecule has 0 N–H and O–H groups in total. The Kier molecular flexibility index (Phi) is 1.19. The minimum absolute atomic E-state index is 1.03. The van der Waals surface area contributed by atoms with Crippen molar-refractivity contribution < 1.29 is 4.39 Å². The third-order valence-electron chi connectivity index (χ3n) is 0.729. The Morgan fingerprint density at radius 1 is 1.75 bits per heavy atom. The molecular formula is C3H5FN4. The van der Waals surface area contributed by atoms with Crippen LogP contribution in [0.3, 0.4) is 0 Å². The maximum atomic E-state index is 12.1. The first kappa shape index (κ1) is 5.14. The number of hydrogen-bond acceptors (Lipinski definition) is 3. The summed E-state index contributed by atoms with van der Waals surface area (Å²) in [6, 6.07) is 0. The average Bonchev–Trinajstić information content (AvgIpc) is 2.12. The van der Waals surface area contributed by atoms with Crippen LogP contribution in [-0.2, 0) is 0 Å². The van der Waals surface area contributed by atoms with Crippen molar-refractivity contribution in [1.82, 2.24) is 20.2 Å². The van der Waals surface area contributed by atoms with Gasteiger partial charge in [0.1, 0.15) is 6.33 Å². The van der Waals surface area contributed by atoms with Gasteiger partial charge in [-0.1, -0.05) is 0 Å². The summed E-state index contributed by atoms with van der Waals surface area (Å²) >= 11 is 0. The van der Waals surface area contributed by atoms with Gasteiger partial charge in [-0.3, -0.25) is 0 Å². The molecule has 0 aromatic carbocycles. The fraction of sp³-hybridized carbons (Fsp3) is 0.667. The summed E-state index contributed by atoms with van der Waals surface area (Å²) in [5.74, 6) is 0. The molecule has 1 atom stereocenters. The first-order valence-corrected chi connectivity index (χ1v) is 2.17. The molecule has 0 saturated heterocycles. The molecule has 4 nitrogen and oxygen atoms in total. The van der Waals surface area contributed by atoms with Crippen molar-refractivity contribution in [2.45, 2.75) is 13.2 Å². The van der Waals surface area contributed by atoms with Gasteiger partial charge in [-0.15, -0.1) is 5.10 Å². The number of rotatable bonds is 1. The van der Waals surface area contributed by atoms with E-state index in [4.69, 9.17) is 0 Å². The van der Waals surface area contributed by atoms with Gasteiger partial charge in [0.25, 0.3) is 0 Å². The topological polar surface area (TPSA) is 43.6 Å². The maximum absolute atomic E-state index is 12.1. The molecule has 44 valence electrons. The van der Waals surface area contributed by atoms with Crippen molar-refractivity contribution in [2.75, 3.05) is 0 Å². The molecule has 8 heavy (non-hydrogen) atoms. The van der Waals surface area contributed by atoms with Crippen molar-refractivity contribution >= 4 is 0 Å². The van der Waals surface area contributed by atoms with E-state index in [1.54, 1.807) is 0 Å². The zero-order chi connectivity index (χ0) is 5.98. The quantitative estimate of drug-likeness (QED) is 0.525. The van der Waals surface area contributed by atoms with Crippen LogP contribution in [0, 0.1) is 0 Å². The number of halogens is 1. The number of alkyl halides is 1. The molecule has 1 aromatic rings. The molecule has 0 radical (unpaired) electrons. The molecule has 1 aromatic heterocycles. The van der Waals surface area contributed by atoms with Crippen LogP contribution in [0.25, 0.3) is 0 Å². The van der Waals surface area contributed by atoms with Crippen molar-refractivity contribution in [3.8, 4) is 0 Å². The Bertz CT molecular complexity index is 146. The van der Waals surface area contributed by atoms with Gasteiger partial charge in [0, 0.05) is 0 Å². The van der Waals surface area contributed by atoms with Gasteiger partial charge in [0.05, 0.1) is 0 Å². The lowest BCUT2D eigenvalue weighted by Gasteiger charge is -1.94. The van der Waals surface area contributed by atoms with E-state index in [-0.39, 0.29) is 0 Å². The molecule has 1 rings (SSSR count). The van der Waals surface area contributed by atoms with Gasteiger partial charge >= 0.3 is 0 Å². The van der Waals surface area contributed by atoms with Crippen molar-refractivity contribution in [3.63, 3.8) is 0 Å². The summed E-state index contributed by atoms with van der Waals surface area (Å²) in [6.45, 7) is 1.36. The lowest BCUT2D eigenvalue weighted by atomic mass is 10.7. The highest BCUT2D eigenvalue weighted by atomic mass is 19.1. The molecule has 0 saturated carbocycles. The van der Waals surface area contributed by atoms with Crippen molar-refractivity contribution in [2.24, 2.45) is 0 Å². The van der Waals surface area contributed by atoms with E-state index in [0.29, 0.717) is 0 Å².